The fourth-order valence-electron chi connectivity index (χ4n) is 1.30. The van der Waals surface area contributed by atoms with E-state index in [9.17, 15) is 0 Å². The van der Waals surface area contributed by atoms with E-state index >= 15 is 0 Å². The van der Waals surface area contributed by atoms with Crippen LogP contribution in [-0.2, 0) is 11.3 Å². The van der Waals surface area contributed by atoms with Crippen molar-refractivity contribution in [3.63, 3.8) is 0 Å². The van der Waals surface area contributed by atoms with Crippen molar-refractivity contribution in [1.29, 1.82) is 0 Å². The summed E-state index contributed by atoms with van der Waals surface area (Å²) in [5, 5.41) is 0. The third kappa shape index (κ3) is 1.70. The van der Waals surface area contributed by atoms with Crippen LogP contribution >= 0.6 is 0 Å². The summed E-state index contributed by atoms with van der Waals surface area (Å²) in [7, 11) is 0. The number of rotatable bonds is 3. The average Bonchev–Trinajstić information content (AvgIpc) is 2.54. The van der Waals surface area contributed by atoms with Crippen molar-refractivity contribution in [2.75, 3.05) is 12.3 Å². The Balaban J connectivity index is 2.31. The van der Waals surface area contributed by atoms with Crippen LogP contribution in [0.25, 0.3) is 11.1 Å². The van der Waals surface area contributed by atoms with Gasteiger partial charge in [-0.05, 0) is 24.6 Å². The van der Waals surface area contributed by atoms with Crippen LogP contribution in [-0.4, -0.2) is 11.6 Å². The van der Waals surface area contributed by atoms with Crippen molar-refractivity contribution in [3.05, 3.63) is 23.8 Å². The van der Waals surface area contributed by atoms with Crippen molar-refractivity contribution < 1.29 is 9.15 Å². The molecular weight excluding hydrogens is 180 g/mol. The van der Waals surface area contributed by atoms with E-state index in [0.717, 1.165) is 11.1 Å². The highest BCUT2D eigenvalue weighted by molar-refractivity contribution is 5.74. The lowest BCUT2D eigenvalue weighted by Gasteiger charge is -1.99. The first-order chi connectivity index (χ1) is 6.79. The van der Waals surface area contributed by atoms with Crippen molar-refractivity contribution in [3.8, 4) is 0 Å². The van der Waals surface area contributed by atoms with E-state index in [1.807, 2.05) is 25.1 Å². The van der Waals surface area contributed by atoms with Gasteiger partial charge in [-0.15, -0.1) is 0 Å². The Morgan fingerprint density at radius 1 is 1.50 bits per heavy atom. The van der Waals surface area contributed by atoms with Gasteiger partial charge in [-0.2, -0.15) is 4.98 Å². The Morgan fingerprint density at radius 2 is 2.36 bits per heavy atom. The Hall–Kier alpha value is -1.55. The first-order valence-electron chi connectivity index (χ1n) is 4.52. The lowest BCUT2D eigenvalue weighted by atomic mass is 10.2. The molecule has 0 radical (unpaired) electrons. The van der Waals surface area contributed by atoms with Gasteiger partial charge in [-0.3, -0.25) is 0 Å². The van der Waals surface area contributed by atoms with Crippen LogP contribution in [0, 0.1) is 0 Å². The highest BCUT2D eigenvalue weighted by Gasteiger charge is 2.03. The smallest absolute Gasteiger partial charge is 0.292 e. The van der Waals surface area contributed by atoms with E-state index < -0.39 is 0 Å². The summed E-state index contributed by atoms with van der Waals surface area (Å²) in [5.74, 6) is 0. The summed E-state index contributed by atoms with van der Waals surface area (Å²) in [6.07, 6.45) is 0. The van der Waals surface area contributed by atoms with Crippen LogP contribution in [0.4, 0.5) is 6.01 Å². The maximum atomic E-state index is 5.43. The molecule has 0 aliphatic rings. The zero-order valence-electron chi connectivity index (χ0n) is 7.99. The second-order valence-electron chi connectivity index (χ2n) is 2.99. The molecule has 0 fully saturated rings. The Kier molecular flexibility index (Phi) is 2.37. The van der Waals surface area contributed by atoms with Crippen molar-refractivity contribution in [2.45, 2.75) is 13.5 Å². The monoisotopic (exact) mass is 192 g/mol. The van der Waals surface area contributed by atoms with Gasteiger partial charge in [0, 0.05) is 6.61 Å². The quantitative estimate of drug-likeness (QED) is 0.807. The molecule has 4 nitrogen and oxygen atoms in total. The van der Waals surface area contributed by atoms with Gasteiger partial charge in [-0.1, -0.05) is 6.07 Å². The van der Waals surface area contributed by atoms with Crippen LogP contribution in [0.15, 0.2) is 22.6 Å². The summed E-state index contributed by atoms with van der Waals surface area (Å²) in [6, 6.07) is 5.94. The van der Waals surface area contributed by atoms with Gasteiger partial charge < -0.3 is 14.9 Å². The maximum absolute atomic E-state index is 5.43. The molecule has 0 bridgehead atoms. The van der Waals surface area contributed by atoms with Gasteiger partial charge in [-0.25, -0.2) is 0 Å². The molecule has 1 aromatic carbocycles. The summed E-state index contributed by atoms with van der Waals surface area (Å²) in [6.45, 7) is 3.26. The first kappa shape index (κ1) is 9.02. The predicted molar refractivity (Wildman–Crippen MR) is 53.8 cm³/mol. The van der Waals surface area contributed by atoms with Gasteiger partial charge in [0.25, 0.3) is 6.01 Å². The molecule has 0 aliphatic carbocycles. The fraction of sp³-hybridized carbons (Fsp3) is 0.300. The Labute approximate surface area is 81.7 Å². The summed E-state index contributed by atoms with van der Waals surface area (Å²) in [4.78, 5) is 4.00. The molecule has 2 N–H and O–H groups in total. The van der Waals surface area contributed by atoms with Crippen molar-refractivity contribution in [1.82, 2.24) is 4.98 Å². The number of ether oxygens (including phenoxy) is 1. The zero-order chi connectivity index (χ0) is 9.97. The number of hydrogen-bond donors (Lipinski definition) is 1. The summed E-state index contributed by atoms with van der Waals surface area (Å²) < 4.78 is 10.5. The fourth-order valence-corrected chi connectivity index (χ4v) is 1.30. The third-order valence-corrected chi connectivity index (χ3v) is 1.94. The number of hydrogen-bond acceptors (Lipinski definition) is 4. The number of benzene rings is 1. The Bertz CT molecular complexity index is 437. The molecule has 2 aromatic rings. The van der Waals surface area contributed by atoms with E-state index in [-0.39, 0.29) is 6.01 Å². The van der Waals surface area contributed by atoms with E-state index in [0.29, 0.717) is 18.8 Å². The standard InChI is InChI=1S/C10H12N2O2/c1-2-13-6-7-3-4-8-9(5-7)14-10(11)12-8/h3-5H,2,6H2,1H3,(H2,11,12). The summed E-state index contributed by atoms with van der Waals surface area (Å²) in [5.41, 5.74) is 7.99. The normalized spacial score (nSPS) is 10.9. The van der Waals surface area contributed by atoms with Gasteiger partial charge in [0.15, 0.2) is 5.58 Å². The van der Waals surface area contributed by atoms with E-state index in [2.05, 4.69) is 4.98 Å². The predicted octanol–water partition coefficient (Wildman–Crippen LogP) is 1.95. The number of nitrogens with two attached hydrogens (primary N) is 1. The molecule has 1 aromatic heterocycles. The molecule has 14 heavy (non-hydrogen) atoms. The first-order valence-corrected chi connectivity index (χ1v) is 4.52. The second-order valence-corrected chi connectivity index (χ2v) is 2.99. The van der Waals surface area contributed by atoms with Gasteiger partial charge in [0.05, 0.1) is 6.61 Å². The number of oxazole rings is 1. The van der Waals surface area contributed by atoms with Crippen molar-refractivity contribution >= 4 is 17.1 Å². The molecule has 4 heteroatoms. The summed E-state index contributed by atoms with van der Waals surface area (Å²) >= 11 is 0. The largest absolute Gasteiger partial charge is 0.424 e. The van der Waals surface area contributed by atoms with Gasteiger partial charge >= 0.3 is 0 Å². The second kappa shape index (κ2) is 3.67. The highest BCUT2D eigenvalue weighted by atomic mass is 16.5. The number of fused-ring (bicyclic) bond motifs is 1. The minimum atomic E-state index is 0.202. The van der Waals surface area contributed by atoms with Crippen molar-refractivity contribution in [2.24, 2.45) is 0 Å². The average molecular weight is 192 g/mol. The number of anilines is 1. The number of nitrogens with zero attached hydrogens (tertiary/aromatic N) is 1. The molecule has 2 rings (SSSR count). The molecule has 1 heterocycles. The molecular formula is C10H12N2O2. The lowest BCUT2D eigenvalue weighted by Crippen LogP contribution is -1.90. The van der Waals surface area contributed by atoms with Gasteiger partial charge in [0.2, 0.25) is 0 Å². The molecule has 0 unspecified atom stereocenters. The van der Waals surface area contributed by atoms with Crippen LogP contribution in [0.3, 0.4) is 0 Å². The minimum absolute atomic E-state index is 0.202. The maximum Gasteiger partial charge on any atom is 0.292 e. The highest BCUT2D eigenvalue weighted by Crippen LogP contribution is 2.18. The van der Waals surface area contributed by atoms with Crippen LogP contribution < -0.4 is 5.73 Å². The lowest BCUT2D eigenvalue weighted by molar-refractivity contribution is 0.134. The minimum Gasteiger partial charge on any atom is -0.424 e. The van der Waals surface area contributed by atoms with Crippen LogP contribution in [0.1, 0.15) is 12.5 Å². The Morgan fingerprint density at radius 3 is 3.14 bits per heavy atom. The van der Waals surface area contributed by atoms with Gasteiger partial charge in [0.1, 0.15) is 5.52 Å². The van der Waals surface area contributed by atoms with E-state index in [1.54, 1.807) is 0 Å². The molecule has 0 aliphatic heterocycles. The number of nitrogen functional groups attached to an aromatic ring is 1. The molecule has 0 saturated heterocycles. The topological polar surface area (TPSA) is 61.3 Å². The van der Waals surface area contributed by atoms with Crippen LogP contribution in [0.5, 0.6) is 0 Å². The zero-order valence-corrected chi connectivity index (χ0v) is 7.99. The molecule has 0 amide bonds. The molecule has 0 saturated carbocycles. The van der Waals surface area contributed by atoms with E-state index in [4.69, 9.17) is 14.9 Å². The third-order valence-electron chi connectivity index (χ3n) is 1.94. The molecule has 0 spiro atoms. The van der Waals surface area contributed by atoms with Crippen LogP contribution in [0.2, 0.25) is 0 Å². The molecule has 74 valence electrons. The SMILES string of the molecule is CCOCc1ccc2nc(N)oc2c1. The van der Waals surface area contributed by atoms with E-state index in [1.165, 1.54) is 0 Å². The number of aromatic nitrogens is 1. The molecule has 0 atom stereocenters.